The van der Waals surface area contributed by atoms with Crippen molar-refractivity contribution < 1.29 is 4.52 Å². The minimum absolute atomic E-state index is 0.523. The van der Waals surface area contributed by atoms with Gasteiger partial charge in [-0.25, -0.2) is 0 Å². The number of aromatic nitrogens is 1. The molecule has 3 heteroatoms. The Bertz CT molecular complexity index is 242. The number of hydrogen-bond acceptors (Lipinski definition) is 3. The Hall–Kier alpha value is -0.990. The molecule has 2 rings (SSSR count). The predicted molar refractivity (Wildman–Crippen MR) is 37.6 cm³/mol. The highest BCUT2D eigenvalue weighted by atomic mass is 16.5. The number of nitrogens with zero attached hydrogens (tertiary/aromatic N) is 1. The van der Waals surface area contributed by atoms with Crippen molar-refractivity contribution in [3.05, 3.63) is 11.3 Å². The highest BCUT2D eigenvalue weighted by Gasteiger charge is 2.16. The molecule has 0 spiro atoms. The molecule has 2 N–H and O–H groups in total. The molecule has 3 nitrogen and oxygen atoms in total. The van der Waals surface area contributed by atoms with Gasteiger partial charge in [0, 0.05) is 5.56 Å². The summed E-state index contributed by atoms with van der Waals surface area (Å²) in [6.07, 6.45) is 4.53. The molecule has 0 atom stereocenters. The van der Waals surface area contributed by atoms with E-state index in [-0.39, 0.29) is 0 Å². The minimum Gasteiger partial charge on any atom is -0.367 e. The lowest BCUT2D eigenvalue weighted by Gasteiger charge is -2.06. The zero-order valence-corrected chi connectivity index (χ0v) is 5.76. The fraction of sp³-hybridized carbons (Fsp3) is 0.571. The van der Waals surface area contributed by atoms with Crippen LogP contribution >= 0.6 is 0 Å². The van der Waals surface area contributed by atoms with E-state index < -0.39 is 0 Å². The van der Waals surface area contributed by atoms with Crippen molar-refractivity contribution in [2.75, 3.05) is 5.73 Å². The Kier molecular flexibility index (Phi) is 1.16. The zero-order chi connectivity index (χ0) is 6.97. The van der Waals surface area contributed by atoms with E-state index in [0.29, 0.717) is 5.88 Å². The van der Waals surface area contributed by atoms with Crippen LogP contribution in [0.25, 0.3) is 0 Å². The van der Waals surface area contributed by atoms with E-state index in [1.165, 1.54) is 12.8 Å². The molecule has 1 aliphatic rings. The maximum absolute atomic E-state index is 5.53. The lowest BCUT2D eigenvalue weighted by Crippen LogP contribution is -2.01. The van der Waals surface area contributed by atoms with Crippen molar-refractivity contribution >= 4 is 5.88 Å². The molecule has 54 valence electrons. The normalized spacial score (nSPS) is 16.8. The van der Waals surface area contributed by atoms with Gasteiger partial charge in [0.1, 0.15) is 0 Å². The fourth-order valence-corrected chi connectivity index (χ4v) is 1.41. The Morgan fingerprint density at radius 1 is 1.30 bits per heavy atom. The van der Waals surface area contributed by atoms with Gasteiger partial charge in [0.05, 0.1) is 5.69 Å². The summed E-state index contributed by atoms with van der Waals surface area (Å²) in [4.78, 5) is 0. The first kappa shape index (κ1) is 5.77. The topological polar surface area (TPSA) is 52.0 Å². The van der Waals surface area contributed by atoms with Gasteiger partial charge in [0.15, 0.2) is 0 Å². The summed E-state index contributed by atoms with van der Waals surface area (Å²) in [6.45, 7) is 0. The van der Waals surface area contributed by atoms with Crippen LogP contribution in [0.4, 0.5) is 5.88 Å². The second-order valence-corrected chi connectivity index (χ2v) is 2.68. The monoisotopic (exact) mass is 138 g/mol. The molecule has 1 aromatic rings. The van der Waals surface area contributed by atoms with E-state index in [1.54, 1.807) is 0 Å². The van der Waals surface area contributed by atoms with E-state index in [0.717, 1.165) is 24.1 Å². The Morgan fingerprint density at radius 2 is 2.10 bits per heavy atom. The quantitative estimate of drug-likeness (QED) is 0.584. The van der Waals surface area contributed by atoms with Crippen molar-refractivity contribution in [3.63, 3.8) is 0 Å². The fourth-order valence-electron chi connectivity index (χ4n) is 1.41. The largest absolute Gasteiger partial charge is 0.367 e. The van der Waals surface area contributed by atoms with Crippen molar-refractivity contribution in [1.82, 2.24) is 5.16 Å². The number of anilines is 1. The van der Waals surface area contributed by atoms with E-state index in [1.807, 2.05) is 0 Å². The van der Waals surface area contributed by atoms with E-state index in [9.17, 15) is 0 Å². The Morgan fingerprint density at radius 3 is 2.90 bits per heavy atom. The van der Waals surface area contributed by atoms with Crippen LogP contribution in [-0.4, -0.2) is 5.16 Å². The van der Waals surface area contributed by atoms with Crippen LogP contribution in [0.2, 0.25) is 0 Å². The third kappa shape index (κ3) is 0.701. The van der Waals surface area contributed by atoms with Gasteiger partial charge in [-0.1, -0.05) is 5.16 Å². The van der Waals surface area contributed by atoms with Gasteiger partial charge >= 0.3 is 0 Å². The third-order valence-electron chi connectivity index (χ3n) is 1.99. The van der Waals surface area contributed by atoms with Crippen LogP contribution < -0.4 is 5.73 Å². The number of aryl methyl sites for hydroxylation is 1. The molecule has 0 saturated carbocycles. The first-order chi connectivity index (χ1) is 4.88. The van der Waals surface area contributed by atoms with E-state index >= 15 is 0 Å². The highest BCUT2D eigenvalue weighted by Crippen LogP contribution is 2.24. The van der Waals surface area contributed by atoms with Crippen molar-refractivity contribution in [2.24, 2.45) is 0 Å². The van der Waals surface area contributed by atoms with Gasteiger partial charge in [0.25, 0.3) is 0 Å². The Labute approximate surface area is 59.2 Å². The van der Waals surface area contributed by atoms with Crippen molar-refractivity contribution in [1.29, 1.82) is 0 Å². The van der Waals surface area contributed by atoms with Crippen LogP contribution in [-0.2, 0) is 12.8 Å². The first-order valence-corrected chi connectivity index (χ1v) is 3.61. The lowest BCUT2D eigenvalue weighted by molar-refractivity contribution is 0.427. The van der Waals surface area contributed by atoms with Crippen molar-refractivity contribution in [3.8, 4) is 0 Å². The van der Waals surface area contributed by atoms with Gasteiger partial charge in [-0.15, -0.1) is 0 Å². The number of nitrogens with two attached hydrogens (primary N) is 1. The molecule has 0 aromatic carbocycles. The molecular formula is C7H10N2O. The number of rotatable bonds is 0. The van der Waals surface area contributed by atoms with Gasteiger partial charge in [-0.05, 0) is 25.7 Å². The second kappa shape index (κ2) is 2.01. The molecule has 10 heavy (non-hydrogen) atoms. The molecule has 1 heterocycles. The number of hydrogen-bond donors (Lipinski definition) is 1. The van der Waals surface area contributed by atoms with Crippen molar-refractivity contribution in [2.45, 2.75) is 25.7 Å². The maximum Gasteiger partial charge on any atom is 0.225 e. The lowest BCUT2D eigenvalue weighted by atomic mass is 9.98. The maximum atomic E-state index is 5.53. The molecule has 0 saturated heterocycles. The first-order valence-electron chi connectivity index (χ1n) is 3.61. The predicted octanol–water partition coefficient (Wildman–Crippen LogP) is 1.14. The van der Waals surface area contributed by atoms with Gasteiger partial charge in [0.2, 0.25) is 5.88 Å². The third-order valence-corrected chi connectivity index (χ3v) is 1.99. The molecule has 0 radical (unpaired) electrons. The van der Waals surface area contributed by atoms with Crippen LogP contribution in [0.15, 0.2) is 4.52 Å². The van der Waals surface area contributed by atoms with Crippen LogP contribution in [0, 0.1) is 0 Å². The molecule has 1 aromatic heterocycles. The minimum atomic E-state index is 0.523. The van der Waals surface area contributed by atoms with Crippen LogP contribution in [0.5, 0.6) is 0 Å². The summed E-state index contributed by atoms with van der Waals surface area (Å²) in [5.41, 5.74) is 7.75. The molecule has 0 bridgehead atoms. The molecule has 0 unspecified atom stereocenters. The molecule has 0 fully saturated rings. The smallest absolute Gasteiger partial charge is 0.225 e. The van der Waals surface area contributed by atoms with Crippen LogP contribution in [0.3, 0.4) is 0 Å². The van der Waals surface area contributed by atoms with Gasteiger partial charge in [-0.3, -0.25) is 0 Å². The second-order valence-electron chi connectivity index (χ2n) is 2.68. The number of nitrogen functional groups attached to an aromatic ring is 1. The average Bonchev–Trinajstić information content (AvgIpc) is 2.34. The summed E-state index contributed by atoms with van der Waals surface area (Å²) in [5, 5.41) is 3.86. The molecule has 0 amide bonds. The molecular weight excluding hydrogens is 128 g/mol. The Balaban J connectivity index is 2.45. The van der Waals surface area contributed by atoms with Gasteiger partial charge < -0.3 is 10.3 Å². The van der Waals surface area contributed by atoms with E-state index in [4.69, 9.17) is 10.3 Å². The molecule has 1 aliphatic carbocycles. The summed E-state index contributed by atoms with van der Waals surface area (Å²) in [7, 11) is 0. The molecule has 0 aliphatic heterocycles. The van der Waals surface area contributed by atoms with Crippen LogP contribution in [0.1, 0.15) is 24.1 Å². The summed E-state index contributed by atoms with van der Waals surface area (Å²) in [6, 6.07) is 0. The summed E-state index contributed by atoms with van der Waals surface area (Å²) in [5.74, 6) is 0.523. The standard InChI is InChI=1S/C7H10N2O/c8-7-5-3-1-2-4-6(5)9-10-7/h1-4,8H2. The zero-order valence-electron chi connectivity index (χ0n) is 5.76. The van der Waals surface area contributed by atoms with Gasteiger partial charge in [-0.2, -0.15) is 0 Å². The highest BCUT2D eigenvalue weighted by molar-refractivity contribution is 5.39. The summed E-state index contributed by atoms with van der Waals surface area (Å²) < 4.78 is 4.85. The summed E-state index contributed by atoms with van der Waals surface area (Å²) >= 11 is 0. The number of fused-ring (bicyclic) bond motifs is 1. The average molecular weight is 138 g/mol. The SMILES string of the molecule is Nc1onc2c1CCCC2. The van der Waals surface area contributed by atoms with E-state index in [2.05, 4.69) is 5.16 Å².